The summed E-state index contributed by atoms with van der Waals surface area (Å²) < 4.78 is 0. The molecule has 2 nitrogen and oxygen atoms in total. The van der Waals surface area contributed by atoms with Crippen molar-refractivity contribution >= 4 is 11.8 Å². The van der Waals surface area contributed by atoms with Gasteiger partial charge in [0.2, 0.25) is 0 Å². The van der Waals surface area contributed by atoms with E-state index in [9.17, 15) is 5.11 Å². The van der Waals surface area contributed by atoms with Crippen molar-refractivity contribution in [2.75, 3.05) is 6.26 Å². The van der Waals surface area contributed by atoms with Crippen LogP contribution in [-0.4, -0.2) is 17.5 Å². The molecule has 0 spiro atoms. The van der Waals surface area contributed by atoms with Crippen LogP contribution in [0.4, 0.5) is 0 Å². The quantitative estimate of drug-likeness (QED) is 0.726. The zero-order valence-corrected chi connectivity index (χ0v) is 8.71. The number of rotatable bonds is 3. The van der Waals surface area contributed by atoms with Crippen molar-refractivity contribution in [3.8, 4) is 0 Å². The molecular weight excluding hydrogens is 182 g/mol. The van der Waals surface area contributed by atoms with Crippen LogP contribution in [0.15, 0.2) is 29.2 Å². The smallest absolute Gasteiger partial charge is 0.0704 e. The molecule has 72 valence electrons. The predicted molar refractivity (Wildman–Crippen MR) is 56.8 cm³/mol. The predicted octanol–water partition coefficient (Wildman–Crippen LogP) is 1.79. The molecule has 0 radical (unpaired) electrons. The van der Waals surface area contributed by atoms with Crippen molar-refractivity contribution in [2.24, 2.45) is 5.73 Å². The largest absolute Gasteiger partial charge is 0.391 e. The summed E-state index contributed by atoms with van der Waals surface area (Å²) in [6, 6.07) is 7.66. The van der Waals surface area contributed by atoms with Crippen molar-refractivity contribution in [1.29, 1.82) is 0 Å². The summed E-state index contributed by atoms with van der Waals surface area (Å²) in [5.41, 5.74) is 6.79. The SMILES string of the molecule is CSc1cccc([C@@H](N)[C@H](C)O)c1. The Morgan fingerprint density at radius 3 is 2.69 bits per heavy atom. The van der Waals surface area contributed by atoms with Gasteiger partial charge in [0.25, 0.3) is 0 Å². The third-order valence-corrected chi connectivity index (χ3v) is 2.72. The third-order valence-electron chi connectivity index (χ3n) is 2.00. The van der Waals surface area contributed by atoms with Gasteiger partial charge in [-0.1, -0.05) is 12.1 Å². The molecule has 0 aliphatic rings. The van der Waals surface area contributed by atoms with E-state index in [4.69, 9.17) is 5.73 Å². The van der Waals surface area contributed by atoms with Crippen LogP contribution in [0.3, 0.4) is 0 Å². The van der Waals surface area contributed by atoms with E-state index < -0.39 is 6.10 Å². The van der Waals surface area contributed by atoms with Crippen LogP contribution in [0.25, 0.3) is 0 Å². The maximum Gasteiger partial charge on any atom is 0.0704 e. The van der Waals surface area contributed by atoms with Crippen LogP contribution < -0.4 is 5.73 Å². The lowest BCUT2D eigenvalue weighted by molar-refractivity contribution is 0.164. The summed E-state index contributed by atoms with van der Waals surface area (Å²) in [6.07, 6.45) is 1.52. The Kier molecular flexibility index (Phi) is 3.78. The van der Waals surface area contributed by atoms with E-state index in [1.807, 2.05) is 30.5 Å². The van der Waals surface area contributed by atoms with Gasteiger partial charge in [-0.25, -0.2) is 0 Å². The molecule has 1 rings (SSSR count). The number of aliphatic hydroxyl groups excluding tert-OH is 1. The minimum Gasteiger partial charge on any atom is -0.391 e. The van der Waals surface area contributed by atoms with E-state index in [1.54, 1.807) is 18.7 Å². The number of hydrogen-bond acceptors (Lipinski definition) is 3. The second-order valence-corrected chi connectivity index (χ2v) is 3.92. The highest BCUT2D eigenvalue weighted by Gasteiger charge is 2.11. The van der Waals surface area contributed by atoms with Crippen LogP contribution in [0, 0.1) is 0 Å². The summed E-state index contributed by atoms with van der Waals surface area (Å²) in [5.74, 6) is 0. The Hall–Kier alpha value is -0.510. The van der Waals surface area contributed by atoms with Crippen molar-refractivity contribution in [3.05, 3.63) is 29.8 Å². The summed E-state index contributed by atoms with van der Waals surface area (Å²) in [7, 11) is 0. The highest BCUT2D eigenvalue weighted by Crippen LogP contribution is 2.20. The van der Waals surface area contributed by atoms with Crippen molar-refractivity contribution in [1.82, 2.24) is 0 Å². The van der Waals surface area contributed by atoms with Crippen LogP contribution in [0.2, 0.25) is 0 Å². The molecule has 0 amide bonds. The van der Waals surface area contributed by atoms with Gasteiger partial charge >= 0.3 is 0 Å². The molecule has 13 heavy (non-hydrogen) atoms. The molecule has 3 N–H and O–H groups in total. The first-order valence-electron chi connectivity index (χ1n) is 4.22. The molecule has 0 aliphatic carbocycles. The van der Waals surface area contributed by atoms with Crippen LogP contribution in [-0.2, 0) is 0 Å². The molecule has 0 aliphatic heterocycles. The average molecular weight is 197 g/mol. The van der Waals surface area contributed by atoms with Gasteiger partial charge in [0.05, 0.1) is 12.1 Å². The van der Waals surface area contributed by atoms with Crippen LogP contribution >= 0.6 is 11.8 Å². The lowest BCUT2D eigenvalue weighted by atomic mass is 10.0. The fraction of sp³-hybridized carbons (Fsp3) is 0.400. The maximum atomic E-state index is 9.31. The van der Waals surface area contributed by atoms with E-state index in [1.165, 1.54) is 4.90 Å². The van der Waals surface area contributed by atoms with Crippen molar-refractivity contribution in [3.63, 3.8) is 0 Å². The number of benzene rings is 1. The summed E-state index contributed by atoms with van der Waals surface area (Å²) in [6.45, 7) is 1.70. The maximum absolute atomic E-state index is 9.31. The topological polar surface area (TPSA) is 46.2 Å². The fourth-order valence-electron chi connectivity index (χ4n) is 1.13. The molecule has 0 saturated heterocycles. The lowest BCUT2D eigenvalue weighted by Crippen LogP contribution is -2.23. The monoisotopic (exact) mass is 197 g/mol. The summed E-state index contributed by atoms with van der Waals surface area (Å²) >= 11 is 1.67. The summed E-state index contributed by atoms with van der Waals surface area (Å²) in [4.78, 5) is 1.17. The Labute approximate surface area is 83.1 Å². The molecule has 0 fully saturated rings. The molecular formula is C10H15NOS. The van der Waals surface area contributed by atoms with E-state index in [-0.39, 0.29) is 6.04 Å². The summed E-state index contributed by atoms with van der Waals surface area (Å²) in [5, 5.41) is 9.31. The van der Waals surface area contributed by atoms with Gasteiger partial charge in [-0.05, 0) is 30.9 Å². The molecule has 0 aromatic heterocycles. The minimum absolute atomic E-state index is 0.285. The second kappa shape index (κ2) is 4.65. The fourth-order valence-corrected chi connectivity index (χ4v) is 1.60. The number of nitrogens with two attached hydrogens (primary N) is 1. The van der Waals surface area contributed by atoms with Gasteiger partial charge in [0.1, 0.15) is 0 Å². The number of thioether (sulfide) groups is 1. The second-order valence-electron chi connectivity index (χ2n) is 3.04. The van der Waals surface area contributed by atoms with Gasteiger partial charge < -0.3 is 10.8 Å². The Morgan fingerprint density at radius 1 is 1.46 bits per heavy atom. The first-order valence-corrected chi connectivity index (χ1v) is 5.45. The third kappa shape index (κ3) is 2.72. The molecule has 0 unspecified atom stereocenters. The number of aliphatic hydroxyl groups is 1. The van der Waals surface area contributed by atoms with E-state index >= 15 is 0 Å². The van der Waals surface area contributed by atoms with E-state index in [2.05, 4.69) is 0 Å². The van der Waals surface area contributed by atoms with Gasteiger partial charge in [-0.15, -0.1) is 11.8 Å². The Morgan fingerprint density at radius 2 is 2.15 bits per heavy atom. The van der Waals surface area contributed by atoms with Gasteiger partial charge in [0.15, 0.2) is 0 Å². The molecule has 2 atom stereocenters. The van der Waals surface area contributed by atoms with E-state index in [0.29, 0.717) is 0 Å². The molecule has 1 aromatic carbocycles. The molecule has 0 bridgehead atoms. The Bertz CT molecular complexity index is 275. The van der Waals surface area contributed by atoms with E-state index in [0.717, 1.165) is 5.56 Å². The highest BCUT2D eigenvalue weighted by atomic mass is 32.2. The normalized spacial score (nSPS) is 15.4. The van der Waals surface area contributed by atoms with Gasteiger partial charge in [-0.3, -0.25) is 0 Å². The average Bonchev–Trinajstić information content (AvgIpc) is 2.16. The standard InChI is InChI=1S/C10H15NOS/c1-7(12)10(11)8-4-3-5-9(6-8)13-2/h3-7,10,12H,11H2,1-2H3/t7-,10-/m0/s1. The van der Waals surface area contributed by atoms with Crippen molar-refractivity contribution in [2.45, 2.75) is 24.0 Å². The lowest BCUT2D eigenvalue weighted by Gasteiger charge is -2.15. The molecule has 3 heteroatoms. The first-order chi connectivity index (χ1) is 6.15. The zero-order chi connectivity index (χ0) is 9.84. The minimum atomic E-state index is -0.503. The van der Waals surface area contributed by atoms with Gasteiger partial charge in [-0.2, -0.15) is 0 Å². The molecule has 1 aromatic rings. The highest BCUT2D eigenvalue weighted by molar-refractivity contribution is 7.98. The Balaban J connectivity index is 2.88. The molecule has 0 heterocycles. The van der Waals surface area contributed by atoms with Crippen molar-refractivity contribution < 1.29 is 5.11 Å². The van der Waals surface area contributed by atoms with Gasteiger partial charge in [0, 0.05) is 4.90 Å². The zero-order valence-electron chi connectivity index (χ0n) is 7.90. The number of hydrogen-bond donors (Lipinski definition) is 2. The first kappa shape index (κ1) is 10.6. The molecule has 0 saturated carbocycles. The van der Waals surface area contributed by atoms with Crippen LogP contribution in [0.1, 0.15) is 18.5 Å². The van der Waals surface area contributed by atoms with Crippen LogP contribution in [0.5, 0.6) is 0 Å².